The van der Waals surface area contributed by atoms with Crippen molar-refractivity contribution in [1.29, 1.82) is 0 Å². The summed E-state index contributed by atoms with van der Waals surface area (Å²) in [5.74, 6) is -0.833. The van der Waals surface area contributed by atoms with Crippen LogP contribution < -0.4 is 9.62 Å². The largest absolute Gasteiger partial charge is 0.354 e. The molecule has 0 saturated carbocycles. The highest BCUT2D eigenvalue weighted by molar-refractivity contribution is 9.10. The zero-order chi connectivity index (χ0) is 30.8. The summed E-state index contributed by atoms with van der Waals surface area (Å²) < 4.78 is 29.8. The normalized spacial score (nSPS) is 11.9. The molecular formula is C33H33BrClN3O4S. The number of carbonyl (C=O) groups is 2. The average Bonchev–Trinajstić information content (AvgIpc) is 3.01. The smallest absolute Gasteiger partial charge is 0.264 e. The van der Waals surface area contributed by atoms with Crippen LogP contribution in [0, 0.1) is 0 Å². The fourth-order valence-electron chi connectivity index (χ4n) is 4.61. The Morgan fingerprint density at radius 3 is 2.12 bits per heavy atom. The number of halogens is 2. The Balaban J connectivity index is 1.78. The topological polar surface area (TPSA) is 86.8 Å². The van der Waals surface area contributed by atoms with Crippen LogP contribution in [0.4, 0.5) is 5.69 Å². The maximum atomic E-state index is 14.4. The lowest BCUT2D eigenvalue weighted by Gasteiger charge is -2.34. The molecule has 2 amide bonds. The molecule has 0 heterocycles. The number of hydrogen-bond acceptors (Lipinski definition) is 4. The van der Waals surface area contributed by atoms with Crippen molar-refractivity contribution in [2.24, 2.45) is 0 Å². The van der Waals surface area contributed by atoms with E-state index in [9.17, 15) is 18.0 Å². The summed E-state index contributed by atoms with van der Waals surface area (Å²) in [5.41, 5.74) is 1.93. The van der Waals surface area contributed by atoms with Crippen molar-refractivity contribution >= 4 is 55.1 Å². The minimum atomic E-state index is -4.16. The molecule has 0 bridgehead atoms. The fourth-order valence-corrected chi connectivity index (χ4v) is 6.62. The molecule has 0 aliphatic carbocycles. The summed E-state index contributed by atoms with van der Waals surface area (Å²) in [6, 6.07) is 30.2. The highest BCUT2D eigenvalue weighted by atomic mass is 79.9. The number of carbonyl (C=O) groups excluding carboxylic acids is 2. The number of rotatable bonds is 13. The van der Waals surface area contributed by atoms with Crippen molar-refractivity contribution in [3.63, 3.8) is 0 Å². The van der Waals surface area contributed by atoms with Crippen molar-refractivity contribution in [3.05, 3.63) is 130 Å². The van der Waals surface area contributed by atoms with Gasteiger partial charge in [-0.2, -0.15) is 0 Å². The van der Waals surface area contributed by atoms with Gasteiger partial charge in [0.25, 0.3) is 10.0 Å². The first kappa shape index (κ1) is 32.3. The highest BCUT2D eigenvalue weighted by Gasteiger charge is 2.34. The van der Waals surface area contributed by atoms with Gasteiger partial charge in [-0.15, -0.1) is 0 Å². The Morgan fingerprint density at radius 1 is 0.860 bits per heavy atom. The van der Waals surface area contributed by atoms with E-state index in [4.69, 9.17) is 11.6 Å². The molecule has 0 spiro atoms. The van der Waals surface area contributed by atoms with Crippen LogP contribution >= 0.6 is 27.5 Å². The van der Waals surface area contributed by atoms with Gasteiger partial charge in [0.1, 0.15) is 12.6 Å². The lowest BCUT2D eigenvalue weighted by Crippen LogP contribution is -2.53. The van der Waals surface area contributed by atoms with Crippen molar-refractivity contribution in [2.75, 3.05) is 17.4 Å². The Hall–Kier alpha value is -3.66. The van der Waals surface area contributed by atoms with E-state index in [2.05, 4.69) is 21.2 Å². The lowest BCUT2D eigenvalue weighted by atomic mass is 10.0. The van der Waals surface area contributed by atoms with Crippen LogP contribution in [0.5, 0.6) is 0 Å². The Kier molecular flexibility index (Phi) is 11.4. The third-order valence-electron chi connectivity index (χ3n) is 6.79. The molecule has 1 unspecified atom stereocenters. The van der Waals surface area contributed by atoms with E-state index in [-0.39, 0.29) is 29.5 Å². The molecule has 0 aromatic heterocycles. The van der Waals surface area contributed by atoms with Gasteiger partial charge in [-0.1, -0.05) is 95.1 Å². The molecule has 4 aromatic rings. The maximum absolute atomic E-state index is 14.4. The number of nitrogens with zero attached hydrogens (tertiary/aromatic N) is 2. The number of anilines is 1. The van der Waals surface area contributed by atoms with Crippen molar-refractivity contribution in [2.45, 2.75) is 37.2 Å². The highest BCUT2D eigenvalue weighted by Crippen LogP contribution is 2.26. The van der Waals surface area contributed by atoms with E-state index >= 15 is 0 Å². The first-order chi connectivity index (χ1) is 20.7. The third kappa shape index (κ3) is 8.69. The molecule has 0 saturated heterocycles. The molecule has 7 nitrogen and oxygen atoms in total. The third-order valence-corrected chi connectivity index (χ3v) is 9.32. The molecule has 43 heavy (non-hydrogen) atoms. The van der Waals surface area contributed by atoms with Gasteiger partial charge in [-0.05, 0) is 66.1 Å². The van der Waals surface area contributed by atoms with Gasteiger partial charge < -0.3 is 10.2 Å². The van der Waals surface area contributed by atoms with E-state index in [0.717, 1.165) is 26.3 Å². The fraction of sp³-hybridized carbons (Fsp3) is 0.212. The van der Waals surface area contributed by atoms with Gasteiger partial charge in [0.15, 0.2) is 0 Å². The predicted molar refractivity (Wildman–Crippen MR) is 174 cm³/mol. The minimum Gasteiger partial charge on any atom is -0.354 e. The minimum absolute atomic E-state index is 0.0396. The summed E-state index contributed by atoms with van der Waals surface area (Å²) in [6.45, 7) is 1.96. The van der Waals surface area contributed by atoms with Gasteiger partial charge in [0, 0.05) is 29.0 Å². The van der Waals surface area contributed by atoms with E-state index in [1.165, 1.54) is 17.0 Å². The molecule has 4 rings (SSSR count). The number of hydrogen-bond donors (Lipinski definition) is 1. The van der Waals surface area contributed by atoms with Gasteiger partial charge in [0.05, 0.1) is 10.6 Å². The van der Waals surface area contributed by atoms with E-state index in [1.54, 1.807) is 42.5 Å². The number of benzene rings is 4. The summed E-state index contributed by atoms with van der Waals surface area (Å²) >= 11 is 9.60. The molecule has 10 heteroatoms. The van der Waals surface area contributed by atoms with Crippen molar-refractivity contribution in [1.82, 2.24) is 10.2 Å². The second kappa shape index (κ2) is 15.2. The molecule has 1 N–H and O–H groups in total. The number of amides is 2. The number of nitrogens with one attached hydrogen (secondary N) is 1. The van der Waals surface area contributed by atoms with Crippen LogP contribution in [0.2, 0.25) is 5.02 Å². The monoisotopic (exact) mass is 681 g/mol. The zero-order valence-corrected chi connectivity index (χ0v) is 26.9. The van der Waals surface area contributed by atoms with Crippen LogP contribution in [0.3, 0.4) is 0 Å². The molecule has 0 aliphatic rings. The zero-order valence-electron chi connectivity index (χ0n) is 23.7. The standard InChI is InChI=1S/C33H33BrClN3O4S/c1-2-20-36-33(40)31(22-25-10-5-3-6-11-25)37(23-26-12-9-13-27(34)21-26)32(39)24-38(29-18-16-28(35)17-19-29)43(41,42)30-14-7-4-8-15-30/h3-19,21,31H,2,20,22-24H2,1H3,(H,36,40). The van der Waals surface area contributed by atoms with Crippen LogP contribution in [-0.2, 0) is 32.6 Å². The second-order valence-corrected chi connectivity index (χ2v) is 13.2. The van der Waals surface area contributed by atoms with E-state index in [0.29, 0.717) is 11.6 Å². The molecule has 0 fully saturated rings. The van der Waals surface area contributed by atoms with Gasteiger partial charge in [-0.25, -0.2) is 8.42 Å². The van der Waals surface area contributed by atoms with Gasteiger partial charge >= 0.3 is 0 Å². The van der Waals surface area contributed by atoms with Gasteiger partial charge in [-0.3, -0.25) is 13.9 Å². The molecule has 0 aliphatic heterocycles. The van der Waals surface area contributed by atoms with Crippen LogP contribution in [0.25, 0.3) is 0 Å². The Labute approximate surface area is 266 Å². The number of sulfonamides is 1. The molecule has 224 valence electrons. The van der Waals surface area contributed by atoms with Crippen LogP contribution in [0.15, 0.2) is 119 Å². The molecular weight excluding hydrogens is 650 g/mol. The molecule has 1 atom stereocenters. The summed E-state index contributed by atoms with van der Waals surface area (Å²) in [5, 5.41) is 3.37. The second-order valence-electron chi connectivity index (χ2n) is 9.95. The Bertz CT molecular complexity index is 1620. The van der Waals surface area contributed by atoms with Crippen LogP contribution in [0.1, 0.15) is 24.5 Å². The molecule has 4 aromatic carbocycles. The SMILES string of the molecule is CCCNC(=O)C(Cc1ccccc1)N(Cc1cccc(Br)c1)C(=O)CN(c1ccc(Cl)cc1)S(=O)(=O)c1ccccc1. The lowest BCUT2D eigenvalue weighted by molar-refractivity contribution is -0.140. The van der Waals surface area contributed by atoms with Crippen molar-refractivity contribution in [3.8, 4) is 0 Å². The van der Waals surface area contributed by atoms with Gasteiger partial charge in [0.2, 0.25) is 11.8 Å². The summed E-state index contributed by atoms with van der Waals surface area (Å²) in [4.78, 5) is 29.5. The quantitative estimate of drug-likeness (QED) is 0.175. The first-order valence-electron chi connectivity index (χ1n) is 13.9. The van der Waals surface area contributed by atoms with Crippen molar-refractivity contribution < 1.29 is 18.0 Å². The average molecular weight is 683 g/mol. The predicted octanol–water partition coefficient (Wildman–Crippen LogP) is 6.46. The van der Waals surface area contributed by atoms with E-state index in [1.807, 2.05) is 61.5 Å². The Morgan fingerprint density at radius 2 is 1.49 bits per heavy atom. The molecule has 0 radical (unpaired) electrons. The van der Waals surface area contributed by atoms with E-state index < -0.39 is 28.5 Å². The summed E-state index contributed by atoms with van der Waals surface area (Å²) in [6.07, 6.45) is 0.978. The maximum Gasteiger partial charge on any atom is 0.264 e. The van der Waals surface area contributed by atoms with Crippen LogP contribution in [-0.4, -0.2) is 44.3 Å². The summed E-state index contributed by atoms with van der Waals surface area (Å²) in [7, 11) is -4.16. The first-order valence-corrected chi connectivity index (χ1v) is 16.5.